The van der Waals surface area contributed by atoms with Crippen molar-refractivity contribution in [3.05, 3.63) is 90.0 Å². The standard InChI is InChI=1S/C30H34O/c1-3-5-25-10-15-29-22-28(17-16-27(29)21-25)26-13-8-23(9-14-26)6-7-24-11-18-30(19-12-24)31-20-4-2/h3-5,8-9,11-14,18-19,25,27-29H,2,10,15-17,20-22H2,1H3/b5-3+. The summed E-state index contributed by atoms with van der Waals surface area (Å²) in [5, 5.41) is 0. The predicted molar refractivity (Wildman–Crippen MR) is 130 cm³/mol. The number of ether oxygens (including phenoxy) is 1. The molecule has 2 aliphatic rings. The van der Waals surface area contributed by atoms with E-state index in [2.05, 4.69) is 61.8 Å². The van der Waals surface area contributed by atoms with E-state index in [0.717, 1.165) is 40.5 Å². The minimum absolute atomic E-state index is 0.524. The maximum atomic E-state index is 5.52. The Morgan fingerprint density at radius 2 is 1.52 bits per heavy atom. The Labute approximate surface area is 188 Å². The molecule has 0 heterocycles. The summed E-state index contributed by atoms with van der Waals surface area (Å²) < 4.78 is 5.52. The lowest BCUT2D eigenvalue weighted by Gasteiger charge is -2.41. The Morgan fingerprint density at radius 1 is 0.871 bits per heavy atom. The topological polar surface area (TPSA) is 9.23 Å². The van der Waals surface area contributed by atoms with E-state index in [-0.39, 0.29) is 0 Å². The summed E-state index contributed by atoms with van der Waals surface area (Å²) in [6.45, 7) is 6.35. The zero-order valence-electron chi connectivity index (χ0n) is 18.7. The fourth-order valence-electron chi connectivity index (χ4n) is 5.45. The predicted octanol–water partition coefficient (Wildman–Crippen LogP) is 7.53. The van der Waals surface area contributed by atoms with Crippen LogP contribution in [0.4, 0.5) is 0 Å². The molecular formula is C30H34O. The van der Waals surface area contributed by atoms with Crippen molar-refractivity contribution in [2.75, 3.05) is 6.61 Å². The van der Waals surface area contributed by atoms with E-state index in [4.69, 9.17) is 4.74 Å². The van der Waals surface area contributed by atoms with Gasteiger partial charge in [-0.1, -0.05) is 48.8 Å². The third-order valence-corrected chi connectivity index (χ3v) is 7.07. The lowest BCUT2D eigenvalue weighted by Crippen LogP contribution is -2.30. The van der Waals surface area contributed by atoms with Gasteiger partial charge in [-0.2, -0.15) is 0 Å². The monoisotopic (exact) mass is 410 g/mol. The summed E-state index contributed by atoms with van der Waals surface area (Å²) in [7, 11) is 0. The molecule has 2 aliphatic carbocycles. The number of benzene rings is 2. The van der Waals surface area contributed by atoms with Crippen molar-refractivity contribution < 1.29 is 4.74 Å². The van der Waals surface area contributed by atoms with Crippen LogP contribution in [-0.2, 0) is 0 Å². The molecule has 2 fully saturated rings. The molecule has 2 aromatic rings. The Bertz CT molecular complexity index is 939. The van der Waals surface area contributed by atoms with E-state index < -0.39 is 0 Å². The molecule has 4 atom stereocenters. The first-order chi connectivity index (χ1) is 15.2. The zero-order valence-corrected chi connectivity index (χ0v) is 18.7. The first-order valence-corrected chi connectivity index (χ1v) is 11.8. The molecule has 1 heteroatoms. The summed E-state index contributed by atoms with van der Waals surface area (Å²) in [5.41, 5.74) is 3.58. The molecular weight excluding hydrogens is 376 g/mol. The van der Waals surface area contributed by atoms with Crippen LogP contribution < -0.4 is 4.74 Å². The average Bonchev–Trinajstić information content (AvgIpc) is 2.82. The lowest BCUT2D eigenvalue weighted by molar-refractivity contribution is 0.133. The molecule has 160 valence electrons. The van der Waals surface area contributed by atoms with E-state index >= 15 is 0 Å². The highest BCUT2D eigenvalue weighted by molar-refractivity contribution is 5.45. The van der Waals surface area contributed by atoms with Crippen molar-refractivity contribution in [1.29, 1.82) is 0 Å². The van der Waals surface area contributed by atoms with Crippen LogP contribution in [0.15, 0.2) is 73.3 Å². The highest BCUT2D eigenvalue weighted by Crippen LogP contribution is 2.47. The van der Waals surface area contributed by atoms with Gasteiger partial charge in [0, 0.05) is 11.1 Å². The third kappa shape index (κ3) is 5.71. The average molecular weight is 411 g/mol. The largest absolute Gasteiger partial charge is 0.490 e. The maximum Gasteiger partial charge on any atom is 0.119 e. The van der Waals surface area contributed by atoms with Crippen LogP contribution in [0, 0.1) is 29.6 Å². The highest BCUT2D eigenvalue weighted by atomic mass is 16.5. The number of rotatable bonds is 5. The molecule has 0 radical (unpaired) electrons. The van der Waals surface area contributed by atoms with Gasteiger partial charge >= 0.3 is 0 Å². The fraction of sp³-hybridized carbons (Fsp3) is 0.400. The normalized spacial score (nSPS) is 25.3. The van der Waals surface area contributed by atoms with Crippen molar-refractivity contribution in [2.45, 2.75) is 51.4 Å². The van der Waals surface area contributed by atoms with Gasteiger partial charge in [0.05, 0.1) is 0 Å². The highest BCUT2D eigenvalue weighted by Gasteiger charge is 2.35. The van der Waals surface area contributed by atoms with Crippen LogP contribution in [0.25, 0.3) is 0 Å². The minimum Gasteiger partial charge on any atom is -0.490 e. The molecule has 2 aromatic carbocycles. The molecule has 4 rings (SSSR count). The SMILES string of the molecule is C=CCOc1ccc(C#Cc2ccc(C3CCC4CC(/C=C/C)CCC4C3)cc2)cc1. The van der Waals surface area contributed by atoms with Crippen LogP contribution in [-0.4, -0.2) is 6.61 Å². The summed E-state index contributed by atoms with van der Waals surface area (Å²) in [6.07, 6.45) is 14.8. The lowest BCUT2D eigenvalue weighted by atomic mass is 9.64. The van der Waals surface area contributed by atoms with Gasteiger partial charge in [-0.15, -0.1) is 0 Å². The van der Waals surface area contributed by atoms with Crippen molar-refractivity contribution in [1.82, 2.24) is 0 Å². The van der Waals surface area contributed by atoms with Crippen LogP contribution in [0.1, 0.15) is 68.1 Å². The van der Waals surface area contributed by atoms with E-state index in [1.165, 1.54) is 44.1 Å². The second-order valence-electron chi connectivity index (χ2n) is 9.13. The molecule has 0 aliphatic heterocycles. The zero-order chi connectivity index (χ0) is 21.5. The second-order valence-corrected chi connectivity index (χ2v) is 9.13. The van der Waals surface area contributed by atoms with Crippen molar-refractivity contribution >= 4 is 0 Å². The van der Waals surface area contributed by atoms with E-state index in [9.17, 15) is 0 Å². The third-order valence-electron chi connectivity index (χ3n) is 7.07. The van der Waals surface area contributed by atoms with Gasteiger partial charge < -0.3 is 4.74 Å². The Hall–Kier alpha value is -2.72. The van der Waals surface area contributed by atoms with Gasteiger partial charge in [0.25, 0.3) is 0 Å². The minimum atomic E-state index is 0.524. The van der Waals surface area contributed by atoms with Crippen LogP contribution in [0.3, 0.4) is 0 Å². The summed E-state index contributed by atoms with van der Waals surface area (Å²) in [4.78, 5) is 0. The summed E-state index contributed by atoms with van der Waals surface area (Å²) in [5.74, 6) is 10.8. The van der Waals surface area contributed by atoms with E-state index in [1.54, 1.807) is 6.08 Å². The Balaban J connectivity index is 1.34. The maximum absolute atomic E-state index is 5.52. The molecule has 0 amide bonds. The van der Waals surface area contributed by atoms with Gasteiger partial charge in [0.2, 0.25) is 0 Å². The first-order valence-electron chi connectivity index (χ1n) is 11.8. The number of allylic oxidation sites excluding steroid dienone is 2. The molecule has 0 spiro atoms. The van der Waals surface area contributed by atoms with E-state index in [1.807, 2.05) is 24.3 Å². The van der Waals surface area contributed by atoms with Crippen LogP contribution in [0.2, 0.25) is 0 Å². The van der Waals surface area contributed by atoms with Crippen LogP contribution >= 0.6 is 0 Å². The van der Waals surface area contributed by atoms with Gasteiger partial charge in [-0.3, -0.25) is 0 Å². The van der Waals surface area contributed by atoms with Gasteiger partial charge in [0.15, 0.2) is 0 Å². The fourth-order valence-corrected chi connectivity index (χ4v) is 5.45. The van der Waals surface area contributed by atoms with Crippen molar-refractivity contribution in [2.24, 2.45) is 17.8 Å². The van der Waals surface area contributed by atoms with Gasteiger partial charge in [-0.25, -0.2) is 0 Å². The first kappa shape index (κ1) is 21.5. The molecule has 2 saturated carbocycles. The molecule has 0 N–H and O–H groups in total. The summed E-state index contributed by atoms with van der Waals surface area (Å²) >= 11 is 0. The number of fused-ring (bicyclic) bond motifs is 1. The quantitative estimate of drug-likeness (QED) is 0.366. The summed E-state index contributed by atoms with van der Waals surface area (Å²) in [6, 6.07) is 16.9. The van der Waals surface area contributed by atoms with Crippen molar-refractivity contribution in [3.63, 3.8) is 0 Å². The van der Waals surface area contributed by atoms with Gasteiger partial charge in [0.1, 0.15) is 12.4 Å². The molecule has 31 heavy (non-hydrogen) atoms. The molecule has 4 unspecified atom stereocenters. The Morgan fingerprint density at radius 3 is 2.19 bits per heavy atom. The molecule has 0 saturated heterocycles. The Kier molecular flexibility index (Phi) is 7.31. The van der Waals surface area contributed by atoms with E-state index in [0.29, 0.717) is 6.61 Å². The number of hydrogen-bond acceptors (Lipinski definition) is 1. The smallest absolute Gasteiger partial charge is 0.119 e. The van der Waals surface area contributed by atoms with Gasteiger partial charge in [-0.05, 0) is 111 Å². The number of hydrogen-bond donors (Lipinski definition) is 0. The van der Waals surface area contributed by atoms with Crippen molar-refractivity contribution in [3.8, 4) is 17.6 Å². The molecule has 0 aromatic heterocycles. The second kappa shape index (κ2) is 10.5. The van der Waals surface area contributed by atoms with Crippen LogP contribution in [0.5, 0.6) is 5.75 Å². The molecule has 0 bridgehead atoms. The molecule has 1 nitrogen and oxygen atoms in total.